The SMILES string of the molecule is PC1CCCCC1CC1CCCCC1. The third-order valence-corrected chi connectivity index (χ3v) is 5.21. The highest BCUT2D eigenvalue weighted by molar-refractivity contribution is 7.17. The Balaban J connectivity index is 1.76. The minimum Gasteiger partial charge on any atom is -0.134 e. The molecule has 0 aromatic heterocycles. The Hall–Kier alpha value is 0.430. The van der Waals surface area contributed by atoms with E-state index in [9.17, 15) is 0 Å². The summed E-state index contributed by atoms with van der Waals surface area (Å²) in [6.07, 6.45) is 15.1. The molecule has 0 N–H and O–H groups in total. The molecule has 2 rings (SSSR count). The summed E-state index contributed by atoms with van der Waals surface area (Å²) in [7, 11) is 3.11. The molecule has 2 saturated carbocycles. The van der Waals surface area contributed by atoms with E-state index in [-0.39, 0.29) is 0 Å². The molecule has 0 aromatic rings. The molecule has 0 heterocycles. The average molecular weight is 212 g/mol. The van der Waals surface area contributed by atoms with E-state index in [1.165, 1.54) is 57.8 Å². The first kappa shape index (κ1) is 10.9. The smallest absolute Gasteiger partial charge is 0.0236 e. The number of hydrogen-bond donors (Lipinski definition) is 0. The van der Waals surface area contributed by atoms with Crippen molar-refractivity contribution in [1.29, 1.82) is 0 Å². The Morgan fingerprint density at radius 1 is 0.786 bits per heavy atom. The highest BCUT2D eigenvalue weighted by Crippen LogP contribution is 2.38. The molecule has 3 atom stereocenters. The molecule has 82 valence electrons. The van der Waals surface area contributed by atoms with Gasteiger partial charge in [-0.2, -0.15) is 0 Å². The first-order chi connectivity index (χ1) is 6.86. The van der Waals surface area contributed by atoms with Crippen LogP contribution in [0.15, 0.2) is 0 Å². The summed E-state index contributed by atoms with van der Waals surface area (Å²) in [5.74, 6) is 2.15. The Kier molecular flexibility index (Phi) is 4.29. The van der Waals surface area contributed by atoms with Crippen LogP contribution in [-0.2, 0) is 0 Å². The van der Waals surface area contributed by atoms with Crippen LogP contribution >= 0.6 is 9.24 Å². The lowest BCUT2D eigenvalue weighted by Gasteiger charge is -2.33. The van der Waals surface area contributed by atoms with Crippen LogP contribution in [0.1, 0.15) is 64.2 Å². The maximum Gasteiger partial charge on any atom is -0.0236 e. The molecule has 0 spiro atoms. The summed E-state index contributed by atoms with van der Waals surface area (Å²) < 4.78 is 0. The number of hydrogen-bond acceptors (Lipinski definition) is 0. The van der Waals surface area contributed by atoms with Crippen LogP contribution in [0.4, 0.5) is 0 Å². The predicted octanol–water partition coefficient (Wildman–Crippen LogP) is 4.39. The Morgan fingerprint density at radius 3 is 2.14 bits per heavy atom. The van der Waals surface area contributed by atoms with Crippen molar-refractivity contribution < 1.29 is 0 Å². The normalized spacial score (nSPS) is 35.8. The lowest BCUT2D eigenvalue weighted by molar-refractivity contribution is 0.250. The second kappa shape index (κ2) is 5.50. The minimum atomic E-state index is 0.950. The van der Waals surface area contributed by atoms with Gasteiger partial charge in [0.2, 0.25) is 0 Å². The van der Waals surface area contributed by atoms with Crippen molar-refractivity contribution >= 4 is 9.24 Å². The average Bonchev–Trinajstić information content (AvgIpc) is 2.23. The Bertz CT molecular complexity index is 161. The first-order valence-corrected chi connectivity index (χ1v) is 7.28. The van der Waals surface area contributed by atoms with E-state index in [0.717, 1.165) is 17.5 Å². The van der Waals surface area contributed by atoms with Gasteiger partial charge >= 0.3 is 0 Å². The van der Waals surface area contributed by atoms with E-state index >= 15 is 0 Å². The van der Waals surface area contributed by atoms with Crippen LogP contribution in [0.2, 0.25) is 0 Å². The summed E-state index contributed by atoms with van der Waals surface area (Å²) in [6.45, 7) is 0. The van der Waals surface area contributed by atoms with E-state index in [0.29, 0.717) is 0 Å². The molecule has 14 heavy (non-hydrogen) atoms. The molecule has 0 amide bonds. The molecule has 0 aromatic carbocycles. The first-order valence-electron chi connectivity index (χ1n) is 6.62. The Morgan fingerprint density at radius 2 is 1.43 bits per heavy atom. The fourth-order valence-corrected chi connectivity index (χ4v) is 3.97. The summed E-state index contributed by atoms with van der Waals surface area (Å²) >= 11 is 0. The van der Waals surface area contributed by atoms with Crippen molar-refractivity contribution in [2.24, 2.45) is 11.8 Å². The van der Waals surface area contributed by atoms with Crippen molar-refractivity contribution in [1.82, 2.24) is 0 Å². The molecule has 2 aliphatic rings. The van der Waals surface area contributed by atoms with Gasteiger partial charge in [-0.3, -0.25) is 0 Å². The fraction of sp³-hybridized carbons (Fsp3) is 1.00. The third-order valence-electron chi connectivity index (χ3n) is 4.33. The zero-order valence-corrected chi connectivity index (χ0v) is 10.5. The summed E-state index contributed by atoms with van der Waals surface area (Å²) in [6, 6.07) is 0. The molecule has 2 aliphatic carbocycles. The van der Waals surface area contributed by atoms with Gasteiger partial charge < -0.3 is 0 Å². The van der Waals surface area contributed by atoms with Crippen LogP contribution in [0.5, 0.6) is 0 Å². The molecule has 1 heteroatoms. The van der Waals surface area contributed by atoms with Crippen molar-refractivity contribution in [2.75, 3.05) is 0 Å². The van der Waals surface area contributed by atoms with Crippen LogP contribution < -0.4 is 0 Å². The molecule has 2 fully saturated rings. The van der Waals surface area contributed by atoms with E-state index < -0.39 is 0 Å². The van der Waals surface area contributed by atoms with Gasteiger partial charge in [-0.1, -0.05) is 44.9 Å². The van der Waals surface area contributed by atoms with Crippen LogP contribution in [0, 0.1) is 11.8 Å². The van der Waals surface area contributed by atoms with Gasteiger partial charge in [0.25, 0.3) is 0 Å². The topological polar surface area (TPSA) is 0 Å². The standard InChI is InChI=1S/C13H25P/c14-13-9-5-4-8-12(13)10-11-6-2-1-3-7-11/h11-13H,1-10,14H2. The maximum atomic E-state index is 3.11. The zero-order valence-electron chi connectivity index (χ0n) is 9.38. The van der Waals surface area contributed by atoms with E-state index in [4.69, 9.17) is 0 Å². The molecule has 0 aliphatic heterocycles. The molecular formula is C13H25P. The van der Waals surface area contributed by atoms with Gasteiger partial charge in [0, 0.05) is 0 Å². The van der Waals surface area contributed by atoms with Crippen LogP contribution in [0.3, 0.4) is 0 Å². The summed E-state index contributed by atoms with van der Waals surface area (Å²) in [4.78, 5) is 0. The van der Waals surface area contributed by atoms with Gasteiger partial charge in [-0.05, 0) is 36.8 Å². The largest absolute Gasteiger partial charge is 0.134 e. The minimum absolute atomic E-state index is 0.950. The van der Waals surface area contributed by atoms with Crippen molar-refractivity contribution in [2.45, 2.75) is 69.9 Å². The third kappa shape index (κ3) is 2.96. The van der Waals surface area contributed by atoms with E-state index in [2.05, 4.69) is 9.24 Å². The number of rotatable bonds is 2. The molecule has 0 nitrogen and oxygen atoms in total. The van der Waals surface area contributed by atoms with Crippen molar-refractivity contribution in [3.8, 4) is 0 Å². The lowest BCUT2D eigenvalue weighted by Crippen LogP contribution is -2.23. The van der Waals surface area contributed by atoms with Gasteiger partial charge in [-0.15, -0.1) is 9.24 Å². The predicted molar refractivity (Wildman–Crippen MR) is 66.6 cm³/mol. The lowest BCUT2D eigenvalue weighted by atomic mass is 9.77. The maximum absolute atomic E-state index is 3.11. The van der Waals surface area contributed by atoms with Gasteiger partial charge in [0.1, 0.15) is 0 Å². The van der Waals surface area contributed by atoms with E-state index in [1.54, 1.807) is 6.42 Å². The van der Waals surface area contributed by atoms with Crippen molar-refractivity contribution in [3.05, 3.63) is 0 Å². The fourth-order valence-electron chi connectivity index (χ4n) is 3.38. The molecule has 0 radical (unpaired) electrons. The quantitative estimate of drug-likeness (QED) is 0.595. The molecule has 0 bridgehead atoms. The van der Waals surface area contributed by atoms with Gasteiger partial charge in [0.15, 0.2) is 0 Å². The molecule has 3 unspecified atom stereocenters. The van der Waals surface area contributed by atoms with Crippen LogP contribution in [-0.4, -0.2) is 5.66 Å². The second-order valence-electron chi connectivity index (χ2n) is 5.45. The monoisotopic (exact) mass is 212 g/mol. The van der Waals surface area contributed by atoms with Gasteiger partial charge in [-0.25, -0.2) is 0 Å². The zero-order chi connectivity index (χ0) is 9.80. The summed E-state index contributed by atoms with van der Waals surface area (Å²) in [5.41, 5.74) is 0.950. The Labute approximate surface area is 91.4 Å². The molecular weight excluding hydrogens is 187 g/mol. The summed E-state index contributed by atoms with van der Waals surface area (Å²) in [5, 5.41) is 0. The highest BCUT2D eigenvalue weighted by atomic mass is 31.0. The molecule has 0 saturated heterocycles. The van der Waals surface area contributed by atoms with Gasteiger partial charge in [0.05, 0.1) is 0 Å². The van der Waals surface area contributed by atoms with E-state index in [1.807, 2.05) is 0 Å². The van der Waals surface area contributed by atoms with Crippen molar-refractivity contribution in [3.63, 3.8) is 0 Å². The van der Waals surface area contributed by atoms with Crippen LogP contribution in [0.25, 0.3) is 0 Å². The highest BCUT2D eigenvalue weighted by Gasteiger charge is 2.25. The second-order valence-corrected chi connectivity index (χ2v) is 6.30.